The highest BCUT2D eigenvalue weighted by atomic mass is 35.5. The smallest absolute Gasteiger partial charge is 0.332 e. The maximum absolute atomic E-state index is 12.3. The van der Waals surface area contributed by atoms with E-state index in [4.69, 9.17) is 17.3 Å². The number of rotatable bonds is 2. The summed E-state index contributed by atoms with van der Waals surface area (Å²) in [6, 6.07) is 7.08. The molecule has 0 spiro atoms. The van der Waals surface area contributed by atoms with Gasteiger partial charge in [0.05, 0.1) is 0 Å². The first-order chi connectivity index (χ1) is 11.2. The summed E-state index contributed by atoms with van der Waals surface area (Å²) in [5, 5.41) is 3.64. The molecule has 0 atom stereocenters. The molecule has 2 rings (SSSR count). The van der Waals surface area contributed by atoms with Gasteiger partial charge in [-0.1, -0.05) is 17.7 Å². The van der Waals surface area contributed by atoms with E-state index in [0.717, 1.165) is 4.57 Å². The number of nitrogen functional groups attached to an aromatic ring is 1. The summed E-state index contributed by atoms with van der Waals surface area (Å²) in [5.41, 5.74) is 5.51. The fourth-order valence-corrected chi connectivity index (χ4v) is 2.18. The Hall–Kier alpha value is -2.74. The molecule has 0 aliphatic carbocycles. The van der Waals surface area contributed by atoms with Crippen molar-refractivity contribution in [2.75, 3.05) is 25.1 Å². The van der Waals surface area contributed by atoms with E-state index >= 15 is 0 Å². The molecule has 2 aromatic rings. The molecule has 0 aliphatic heterocycles. The zero-order chi connectivity index (χ0) is 18.0. The minimum absolute atomic E-state index is 0.00431. The van der Waals surface area contributed by atoms with Gasteiger partial charge in [-0.05, 0) is 18.2 Å². The minimum atomic E-state index is -0.567. The number of nitrogens with one attached hydrogen (secondary N) is 1. The number of hydrogen-bond donors (Lipinski definition) is 2. The first-order valence-corrected chi connectivity index (χ1v) is 7.44. The summed E-state index contributed by atoms with van der Waals surface area (Å²) >= 11 is 5.97. The molecule has 0 saturated heterocycles. The van der Waals surface area contributed by atoms with Crippen LogP contribution in [-0.2, 0) is 14.1 Å². The average Bonchev–Trinajstić information content (AvgIpc) is 2.54. The molecule has 0 bridgehead atoms. The molecule has 0 fully saturated rings. The number of hydrogen-bond acceptors (Lipinski definition) is 4. The maximum Gasteiger partial charge on any atom is 0.332 e. The summed E-state index contributed by atoms with van der Waals surface area (Å²) < 4.78 is 2.13. The summed E-state index contributed by atoms with van der Waals surface area (Å²) in [4.78, 5) is 30.2. The molecule has 24 heavy (non-hydrogen) atoms. The van der Waals surface area contributed by atoms with Crippen molar-refractivity contribution in [2.45, 2.75) is 0 Å². The lowest BCUT2D eigenvalue weighted by molar-refractivity contribution is 0.619. The quantitative estimate of drug-likeness (QED) is 0.621. The highest BCUT2D eigenvalue weighted by Crippen LogP contribution is 2.18. The fraction of sp³-hybridized carbons (Fsp3) is 0.267. The van der Waals surface area contributed by atoms with Crippen LogP contribution in [0.1, 0.15) is 0 Å². The molecule has 9 heteroatoms. The molecule has 1 heterocycles. The lowest BCUT2D eigenvalue weighted by Gasteiger charge is -2.18. The van der Waals surface area contributed by atoms with E-state index in [1.807, 2.05) is 6.07 Å². The SMILES string of the molecule is CN(C)C(=Nc1c(N)n(C)c(=O)n(C)c1=O)Nc1cccc(Cl)c1. The van der Waals surface area contributed by atoms with Crippen molar-refractivity contribution in [2.24, 2.45) is 19.1 Å². The summed E-state index contributed by atoms with van der Waals surface area (Å²) in [5.74, 6) is 0.370. The summed E-state index contributed by atoms with van der Waals surface area (Å²) in [6.07, 6.45) is 0. The number of guanidine groups is 1. The monoisotopic (exact) mass is 350 g/mol. The lowest BCUT2D eigenvalue weighted by atomic mass is 10.3. The van der Waals surface area contributed by atoms with Crippen LogP contribution in [0.5, 0.6) is 0 Å². The van der Waals surface area contributed by atoms with Crippen LogP contribution in [-0.4, -0.2) is 34.1 Å². The molecule has 1 aromatic heterocycles. The van der Waals surface area contributed by atoms with Crippen LogP contribution in [0.25, 0.3) is 0 Å². The van der Waals surface area contributed by atoms with E-state index in [1.165, 1.54) is 18.7 Å². The normalized spacial score (nSPS) is 11.5. The van der Waals surface area contributed by atoms with Crippen molar-refractivity contribution in [3.8, 4) is 0 Å². The van der Waals surface area contributed by atoms with Crippen molar-refractivity contribution in [1.29, 1.82) is 0 Å². The van der Waals surface area contributed by atoms with Gasteiger partial charge in [-0.2, -0.15) is 0 Å². The van der Waals surface area contributed by atoms with Gasteiger partial charge in [-0.3, -0.25) is 13.9 Å². The minimum Gasteiger partial charge on any atom is -0.383 e. The zero-order valence-electron chi connectivity index (χ0n) is 13.9. The van der Waals surface area contributed by atoms with Gasteiger partial charge in [0.15, 0.2) is 5.69 Å². The van der Waals surface area contributed by atoms with Gasteiger partial charge in [-0.25, -0.2) is 9.79 Å². The first kappa shape index (κ1) is 17.6. The number of anilines is 2. The number of nitrogens with zero attached hydrogens (tertiary/aromatic N) is 4. The van der Waals surface area contributed by atoms with Crippen molar-refractivity contribution in [3.63, 3.8) is 0 Å². The molecule has 8 nitrogen and oxygen atoms in total. The van der Waals surface area contributed by atoms with E-state index in [9.17, 15) is 9.59 Å². The van der Waals surface area contributed by atoms with E-state index in [1.54, 1.807) is 37.2 Å². The molecule has 0 saturated carbocycles. The Balaban J connectivity index is 2.57. The Kier molecular flexibility index (Phi) is 4.99. The van der Waals surface area contributed by atoms with Gasteiger partial charge in [0.2, 0.25) is 5.96 Å². The fourth-order valence-electron chi connectivity index (χ4n) is 1.99. The van der Waals surface area contributed by atoms with Gasteiger partial charge in [0.1, 0.15) is 5.82 Å². The predicted octanol–water partition coefficient (Wildman–Crippen LogP) is 0.981. The molecule has 1 aromatic carbocycles. The van der Waals surface area contributed by atoms with E-state index in [-0.39, 0.29) is 11.5 Å². The highest BCUT2D eigenvalue weighted by molar-refractivity contribution is 6.30. The van der Waals surface area contributed by atoms with Crippen molar-refractivity contribution >= 4 is 34.8 Å². The third-order valence-electron chi connectivity index (χ3n) is 3.41. The molecule has 128 valence electrons. The molecular formula is C15H19ClN6O2. The number of nitrogens with two attached hydrogens (primary N) is 1. The van der Waals surface area contributed by atoms with Gasteiger partial charge in [0, 0.05) is 38.9 Å². The van der Waals surface area contributed by atoms with Gasteiger partial charge >= 0.3 is 5.69 Å². The Morgan fingerprint density at radius 3 is 2.50 bits per heavy atom. The molecule has 0 unspecified atom stereocenters. The highest BCUT2D eigenvalue weighted by Gasteiger charge is 2.14. The van der Waals surface area contributed by atoms with Crippen LogP contribution < -0.4 is 22.3 Å². The number of benzene rings is 1. The Morgan fingerprint density at radius 2 is 1.92 bits per heavy atom. The second-order valence-electron chi connectivity index (χ2n) is 5.40. The van der Waals surface area contributed by atoms with Crippen LogP contribution in [0, 0.1) is 0 Å². The lowest BCUT2D eigenvalue weighted by Crippen LogP contribution is -2.38. The predicted molar refractivity (Wildman–Crippen MR) is 97.2 cm³/mol. The largest absolute Gasteiger partial charge is 0.383 e. The first-order valence-electron chi connectivity index (χ1n) is 7.06. The Morgan fingerprint density at radius 1 is 1.25 bits per heavy atom. The maximum atomic E-state index is 12.3. The third kappa shape index (κ3) is 3.43. The van der Waals surface area contributed by atoms with E-state index < -0.39 is 11.2 Å². The number of aliphatic imine (C=N–C) groups is 1. The molecular weight excluding hydrogens is 332 g/mol. The summed E-state index contributed by atoms with van der Waals surface area (Å²) in [7, 11) is 6.39. The van der Waals surface area contributed by atoms with Crippen molar-refractivity contribution in [3.05, 3.63) is 50.1 Å². The van der Waals surface area contributed by atoms with Gasteiger partial charge in [-0.15, -0.1) is 0 Å². The molecule has 0 radical (unpaired) electrons. The number of aromatic nitrogens is 2. The number of halogens is 1. The van der Waals surface area contributed by atoms with Crippen LogP contribution in [0.4, 0.5) is 17.2 Å². The van der Waals surface area contributed by atoms with Gasteiger partial charge < -0.3 is 16.0 Å². The van der Waals surface area contributed by atoms with Crippen molar-refractivity contribution < 1.29 is 0 Å². The van der Waals surface area contributed by atoms with Crippen LogP contribution in [0.3, 0.4) is 0 Å². The van der Waals surface area contributed by atoms with E-state index in [2.05, 4.69) is 10.3 Å². The van der Waals surface area contributed by atoms with Gasteiger partial charge in [0.25, 0.3) is 5.56 Å². The topological polar surface area (TPSA) is 97.7 Å². The zero-order valence-corrected chi connectivity index (χ0v) is 14.6. The van der Waals surface area contributed by atoms with Crippen molar-refractivity contribution in [1.82, 2.24) is 14.0 Å². The molecule has 3 N–H and O–H groups in total. The second kappa shape index (κ2) is 6.79. The van der Waals surface area contributed by atoms with Crippen LogP contribution in [0.2, 0.25) is 5.02 Å². The molecule has 0 amide bonds. The third-order valence-corrected chi connectivity index (χ3v) is 3.64. The van der Waals surface area contributed by atoms with Crippen LogP contribution >= 0.6 is 11.6 Å². The van der Waals surface area contributed by atoms with Crippen LogP contribution in [0.15, 0.2) is 38.8 Å². The Labute approximate surface area is 143 Å². The second-order valence-corrected chi connectivity index (χ2v) is 5.84. The standard InChI is InChI=1S/C15H19ClN6O2/c1-20(2)14(18-10-7-5-6-9(16)8-10)19-11-12(17)21(3)15(24)22(4)13(11)23/h5-8H,17H2,1-4H3,(H,18,19). The Bertz CT molecular complexity index is 913. The molecule has 0 aliphatic rings. The summed E-state index contributed by atoms with van der Waals surface area (Å²) in [6.45, 7) is 0. The van der Waals surface area contributed by atoms with E-state index in [0.29, 0.717) is 16.7 Å². The average molecular weight is 351 g/mol.